The summed E-state index contributed by atoms with van der Waals surface area (Å²) in [5.41, 5.74) is 13.9. The Morgan fingerprint density at radius 1 is 0.784 bits per heavy atom. The number of H-pyrrole nitrogens is 1. The molecule has 1 aliphatic carbocycles. The third kappa shape index (κ3) is 20.8. The van der Waals surface area contributed by atoms with Crippen molar-refractivity contribution in [2.45, 2.75) is 114 Å². The summed E-state index contributed by atoms with van der Waals surface area (Å²) < 4.78 is 76.1. The Morgan fingerprint density at radius 2 is 1.49 bits per heavy atom. The zero-order valence-electron chi connectivity index (χ0n) is 53.7. The molecule has 0 saturated carbocycles. The maximum absolute atomic E-state index is 14.0. The number of carboxylic acids is 3. The standard InChI is InChI=1S/C64H78N12O17S4/c1-5-75(6-2)42-16-20-46-52(31-42)93-53-32-43(76(7-3)8-4)17-21-47(53)57(46)48-22-19-45(33-54(48)97(90,91)92)96(88,89)69-25-26-94-95-36-37(28-55(79)80)27-51(78)49(11-9-10-24-65)71-61(84)39(30-56(81)82)29-44(77)18-23-50(63(86)87)72-60(83)38-12-14-40(15-13-38)67-34-41-35-68-59-58(70-41)62(85)74-64(66)73-59/h12-17,19-22,31-33,35,37,39,49-50,69H,5-11,18,23-30,34,36,65H2,1-4H3,(H9-,66,67,68,71,72,73,74,79,80,81,82,83,84,85,86,87,90,91,92)/p+1/t37-,39-,49-,50-/m0/s1. The zero-order chi connectivity index (χ0) is 70.7. The molecule has 5 aromatic rings. The number of benzene rings is 4. The third-order valence-corrected chi connectivity index (χ3v) is 20.8. The van der Waals surface area contributed by atoms with Crippen LogP contribution in [0.5, 0.6) is 0 Å². The van der Waals surface area contributed by atoms with Crippen LogP contribution in [0.4, 0.5) is 17.3 Å². The predicted molar refractivity (Wildman–Crippen MR) is 368 cm³/mol. The summed E-state index contributed by atoms with van der Waals surface area (Å²) in [6.07, 6.45) is -1.15. The number of hydrogen-bond donors (Lipinski definition) is 11. The average Bonchev–Trinajstić information content (AvgIpc) is 0.752. The first-order valence-electron chi connectivity index (χ1n) is 31.2. The van der Waals surface area contributed by atoms with Crippen LogP contribution in [0, 0.1) is 11.8 Å². The monoisotopic (exact) mass is 1420 g/mol. The quantitative estimate of drug-likeness (QED) is 0.00758. The number of carboxylic acid groups (broad SMARTS) is 3. The molecule has 2 amide bonds. The number of aromatic nitrogens is 4. The minimum atomic E-state index is -5.08. The summed E-state index contributed by atoms with van der Waals surface area (Å²) >= 11 is 0. The number of anilines is 3. The summed E-state index contributed by atoms with van der Waals surface area (Å²) in [7, 11) is -7.22. The van der Waals surface area contributed by atoms with Crippen LogP contribution in [-0.4, -0.2) is 161 Å². The van der Waals surface area contributed by atoms with Gasteiger partial charge in [0.2, 0.25) is 27.2 Å². The van der Waals surface area contributed by atoms with Crippen LogP contribution in [0.15, 0.2) is 104 Å². The maximum Gasteiger partial charge on any atom is 0.326 e. The van der Waals surface area contributed by atoms with E-state index >= 15 is 0 Å². The lowest BCUT2D eigenvalue weighted by atomic mass is 9.92. The fourth-order valence-corrected chi connectivity index (χ4v) is 15.2. The highest BCUT2D eigenvalue weighted by Crippen LogP contribution is 2.44. The van der Waals surface area contributed by atoms with Gasteiger partial charge in [0.1, 0.15) is 41.2 Å². The van der Waals surface area contributed by atoms with Crippen molar-refractivity contribution < 1.29 is 74.7 Å². The molecule has 2 aliphatic rings. The van der Waals surface area contributed by atoms with Crippen molar-refractivity contribution >= 4 is 122 Å². The number of sulfonamides is 1. The van der Waals surface area contributed by atoms with Crippen LogP contribution in [0.25, 0.3) is 44.6 Å². The molecule has 0 unspecified atom stereocenters. The first-order valence-corrected chi connectivity index (χ1v) is 36.6. The highest BCUT2D eigenvalue weighted by Gasteiger charge is 2.33. The second-order valence-electron chi connectivity index (χ2n) is 22.7. The number of nitrogens with zero attached hydrogens (tertiary/aromatic N) is 5. The van der Waals surface area contributed by atoms with Crippen molar-refractivity contribution in [3.63, 3.8) is 0 Å². The van der Waals surface area contributed by atoms with Gasteiger partial charge in [-0.3, -0.25) is 43.1 Å². The number of nitrogens with one attached hydrogen (secondary N) is 5. The molecular weight excluding hydrogens is 1340 g/mol. The zero-order valence-corrected chi connectivity index (χ0v) is 57.0. The van der Waals surface area contributed by atoms with Crippen molar-refractivity contribution in [1.82, 2.24) is 39.9 Å². The molecule has 0 radical (unpaired) electrons. The number of aliphatic carboxylic acids is 3. The molecule has 520 valence electrons. The van der Waals surface area contributed by atoms with Gasteiger partial charge in [-0.1, -0.05) is 27.7 Å². The Hall–Kier alpha value is -8.86. The lowest BCUT2D eigenvalue weighted by Crippen LogP contribution is -2.45. The van der Waals surface area contributed by atoms with E-state index in [2.05, 4.69) is 50.1 Å². The number of hydrogen-bond acceptors (Lipinski definition) is 22. The number of rotatable bonds is 39. The molecule has 0 spiro atoms. The van der Waals surface area contributed by atoms with Gasteiger partial charge in [0, 0.05) is 108 Å². The van der Waals surface area contributed by atoms with E-state index in [1.807, 2.05) is 52.0 Å². The van der Waals surface area contributed by atoms with Crippen molar-refractivity contribution in [1.29, 1.82) is 0 Å². The van der Waals surface area contributed by atoms with Gasteiger partial charge in [0.05, 0.1) is 47.8 Å². The molecule has 0 bridgehead atoms. The Morgan fingerprint density at radius 3 is 2.15 bits per heavy atom. The fourth-order valence-electron chi connectivity index (χ4n) is 10.9. The second-order valence-corrected chi connectivity index (χ2v) is 28.4. The van der Waals surface area contributed by atoms with E-state index in [0.29, 0.717) is 78.3 Å². The van der Waals surface area contributed by atoms with Gasteiger partial charge in [0.15, 0.2) is 16.9 Å². The number of nitrogen functional groups attached to an aromatic ring is 1. The lowest BCUT2D eigenvalue weighted by Gasteiger charge is -2.23. The molecule has 0 saturated heterocycles. The number of amides is 2. The maximum atomic E-state index is 14.0. The molecule has 3 heterocycles. The molecule has 2 aromatic heterocycles. The molecule has 1 aliphatic heterocycles. The van der Waals surface area contributed by atoms with Gasteiger partial charge in [-0.2, -0.15) is 13.4 Å². The Kier molecular flexibility index (Phi) is 27.2. The van der Waals surface area contributed by atoms with Crippen LogP contribution in [0.1, 0.15) is 102 Å². The number of Topliss-reactive ketones (excluding diaryl/α,β-unsaturated/α-hetero) is 2. The smallest absolute Gasteiger partial charge is 0.326 e. The van der Waals surface area contributed by atoms with Gasteiger partial charge in [0.25, 0.3) is 21.6 Å². The highest BCUT2D eigenvalue weighted by molar-refractivity contribution is 8.76. The Bertz CT molecular complexity index is 4370. The average molecular weight is 1420 g/mol. The van der Waals surface area contributed by atoms with Gasteiger partial charge >= 0.3 is 17.9 Å². The van der Waals surface area contributed by atoms with E-state index in [9.17, 15) is 75.1 Å². The Labute approximate surface area is 566 Å². The minimum absolute atomic E-state index is 0.0178. The third-order valence-electron chi connectivity index (χ3n) is 15.9. The van der Waals surface area contributed by atoms with Crippen LogP contribution in [-0.2, 0) is 55.5 Å². The molecule has 4 atom stereocenters. The van der Waals surface area contributed by atoms with Crippen molar-refractivity contribution in [3.8, 4) is 22.5 Å². The molecular formula is C64H79N12O17S4+. The van der Waals surface area contributed by atoms with Gasteiger partial charge in [-0.25, -0.2) is 32.5 Å². The van der Waals surface area contributed by atoms with E-state index in [-0.39, 0.29) is 72.2 Å². The summed E-state index contributed by atoms with van der Waals surface area (Å²) in [4.78, 5) is 119. The number of ketones is 2. The number of fused-ring (bicyclic) bond motifs is 3. The summed E-state index contributed by atoms with van der Waals surface area (Å²) in [5, 5.41) is 39.0. The molecule has 29 nitrogen and oxygen atoms in total. The van der Waals surface area contributed by atoms with Gasteiger partial charge in [-0.15, -0.1) is 0 Å². The number of carbonyl (C=O) groups excluding carboxylic acids is 4. The van der Waals surface area contributed by atoms with Crippen LogP contribution >= 0.6 is 21.6 Å². The first-order chi connectivity index (χ1) is 46.2. The minimum Gasteiger partial charge on any atom is -0.481 e. The molecule has 7 rings (SSSR count). The highest BCUT2D eigenvalue weighted by atomic mass is 33.1. The normalized spacial score (nSPS) is 13.0. The number of carbonyl (C=O) groups is 7. The molecule has 3 aromatic carbocycles. The number of nitrogens with two attached hydrogens (primary N) is 2. The molecule has 33 heteroatoms. The fraction of sp³-hybridized carbons (Fsp3) is 0.406. The van der Waals surface area contributed by atoms with E-state index in [1.165, 1.54) is 42.6 Å². The van der Waals surface area contributed by atoms with E-state index in [1.54, 1.807) is 12.1 Å². The predicted octanol–water partition coefficient (Wildman–Crippen LogP) is 5.37. The van der Waals surface area contributed by atoms with Crippen molar-refractivity contribution in [2.24, 2.45) is 17.6 Å². The SMILES string of the molecule is CCN(CC)c1ccc2c(-c3ccc(S(=O)(=O)NCCSSC[C@H](CC(=O)O)CC(=O)[C@H](CCCCN)NC(=O)[C@H](CC(=O)O)CC(=O)CC[C@H](NC(=O)c4ccc(NCc5cnc6nc(N)[nH]c(=O)c6n5)cc4)C(=O)O)cc3S(=O)(=O)O)c3ccc(=[N+](CC)CC)cc-3oc2c1. The van der Waals surface area contributed by atoms with E-state index in [0.717, 1.165) is 38.7 Å². The number of unbranched alkanes of at least 4 members (excludes halogenated alkanes) is 1. The second kappa shape index (κ2) is 34.9. The summed E-state index contributed by atoms with van der Waals surface area (Å²) in [6, 6.07) is 17.6. The molecule has 13 N–H and O–H groups in total. The Balaban J connectivity index is 0.944. The van der Waals surface area contributed by atoms with E-state index < -0.39 is 133 Å². The van der Waals surface area contributed by atoms with Crippen LogP contribution < -0.4 is 52.5 Å². The van der Waals surface area contributed by atoms with Crippen molar-refractivity contribution in [3.05, 3.63) is 112 Å². The van der Waals surface area contributed by atoms with E-state index in [4.69, 9.17) is 15.9 Å². The van der Waals surface area contributed by atoms with Gasteiger partial charge < -0.3 is 52.1 Å². The van der Waals surface area contributed by atoms with Crippen LogP contribution in [0.3, 0.4) is 0 Å². The first kappa shape index (κ1) is 75.5. The lowest BCUT2D eigenvalue weighted by molar-refractivity contribution is -0.142. The van der Waals surface area contributed by atoms with Crippen molar-refractivity contribution in [2.75, 3.05) is 66.7 Å². The summed E-state index contributed by atoms with van der Waals surface area (Å²) in [6.45, 7) is 11.0. The summed E-state index contributed by atoms with van der Waals surface area (Å²) in [5.74, 6) is -9.12. The molecule has 97 heavy (non-hydrogen) atoms. The van der Waals surface area contributed by atoms with Crippen LogP contribution in [0.2, 0.25) is 0 Å². The largest absolute Gasteiger partial charge is 0.481 e. The number of aromatic amines is 1. The topological polar surface area (TPSA) is 460 Å². The molecule has 0 fully saturated rings. The van der Waals surface area contributed by atoms with Gasteiger partial charge in [-0.05, 0) is 120 Å².